The van der Waals surface area contributed by atoms with Gasteiger partial charge in [0.15, 0.2) is 0 Å². The predicted molar refractivity (Wildman–Crippen MR) is 170 cm³/mol. The van der Waals surface area contributed by atoms with Crippen LogP contribution in [0.5, 0.6) is 23.3 Å². The summed E-state index contributed by atoms with van der Waals surface area (Å²) in [5.41, 5.74) is 4.34. The summed E-state index contributed by atoms with van der Waals surface area (Å²) >= 11 is 0. The second-order valence-electron chi connectivity index (χ2n) is 10.3. The minimum atomic E-state index is -0.308. The van der Waals surface area contributed by atoms with Crippen LogP contribution in [0.1, 0.15) is 16.7 Å². The Morgan fingerprint density at radius 1 is 0.711 bits per heavy atom. The van der Waals surface area contributed by atoms with Crippen LogP contribution in [0.3, 0.4) is 0 Å². The van der Waals surface area contributed by atoms with Crippen molar-refractivity contribution in [1.82, 2.24) is 14.1 Å². The molecule has 9 heteroatoms. The number of pyridine rings is 1. The van der Waals surface area contributed by atoms with Crippen LogP contribution in [0.25, 0.3) is 16.7 Å². The normalized spacial score (nSPS) is 10.9. The van der Waals surface area contributed by atoms with Crippen LogP contribution < -0.4 is 19.9 Å². The lowest BCUT2D eigenvalue weighted by atomic mass is 10.1. The molecule has 0 N–H and O–H groups in total. The number of rotatable bonds is 11. The van der Waals surface area contributed by atoms with E-state index in [1.165, 1.54) is 7.11 Å². The summed E-state index contributed by atoms with van der Waals surface area (Å²) in [6.07, 6.45) is 0.185. The number of imidazole rings is 1. The minimum Gasteiger partial charge on any atom is -0.473 e. The molecule has 4 aromatic carbocycles. The van der Waals surface area contributed by atoms with Crippen molar-refractivity contribution in [3.63, 3.8) is 0 Å². The number of aromatic nitrogens is 3. The van der Waals surface area contributed by atoms with Gasteiger partial charge in [0.2, 0.25) is 11.8 Å². The largest absolute Gasteiger partial charge is 0.473 e. The van der Waals surface area contributed by atoms with Gasteiger partial charge in [0.05, 0.1) is 24.6 Å². The van der Waals surface area contributed by atoms with Gasteiger partial charge in [-0.15, -0.1) is 0 Å². The van der Waals surface area contributed by atoms with Gasteiger partial charge in [-0.2, -0.15) is 4.98 Å². The number of fused-ring (bicyclic) bond motifs is 1. The molecule has 9 nitrogen and oxygen atoms in total. The van der Waals surface area contributed by atoms with Gasteiger partial charge >= 0.3 is 11.7 Å². The van der Waals surface area contributed by atoms with E-state index in [4.69, 9.17) is 18.9 Å². The SMILES string of the molecule is COC(=O)Cc1ccc(Oc2ccc3c(c2)n(C)c(=O)n3-c2ccc(OCc3ccccc3)nc2OCc2ccccc2)cc1. The smallest absolute Gasteiger partial charge is 0.333 e. The van der Waals surface area contributed by atoms with E-state index < -0.39 is 0 Å². The third-order valence-electron chi connectivity index (χ3n) is 7.27. The van der Waals surface area contributed by atoms with Gasteiger partial charge in [-0.05, 0) is 47.0 Å². The minimum absolute atomic E-state index is 0.185. The van der Waals surface area contributed by atoms with Crippen LogP contribution >= 0.6 is 0 Å². The topological polar surface area (TPSA) is 93.8 Å². The maximum absolute atomic E-state index is 13.7. The summed E-state index contributed by atoms with van der Waals surface area (Å²) in [4.78, 5) is 29.9. The highest BCUT2D eigenvalue weighted by atomic mass is 16.5. The molecule has 0 saturated heterocycles. The van der Waals surface area contributed by atoms with Crippen molar-refractivity contribution in [2.24, 2.45) is 7.05 Å². The summed E-state index contributed by atoms with van der Waals surface area (Å²) in [5.74, 6) is 1.50. The van der Waals surface area contributed by atoms with Gasteiger partial charge in [0.25, 0.3) is 0 Å². The first-order chi connectivity index (χ1) is 22.0. The molecule has 0 atom stereocenters. The number of hydrogen-bond donors (Lipinski definition) is 0. The van der Waals surface area contributed by atoms with Crippen LogP contribution in [0.2, 0.25) is 0 Å². The van der Waals surface area contributed by atoms with Gasteiger partial charge in [-0.3, -0.25) is 13.9 Å². The van der Waals surface area contributed by atoms with E-state index in [9.17, 15) is 9.59 Å². The van der Waals surface area contributed by atoms with Gasteiger partial charge in [0.1, 0.15) is 30.4 Å². The number of carbonyl (C=O) groups excluding carboxylic acids is 1. The molecule has 0 saturated carbocycles. The lowest BCUT2D eigenvalue weighted by Gasteiger charge is -2.14. The molecule has 0 spiro atoms. The quantitative estimate of drug-likeness (QED) is 0.159. The second-order valence-corrected chi connectivity index (χ2v) is 10.3. The number of methoxy groups -OCH3 is 1. The van der Waals surface area contributed by atoms with E-state index in [0.29, 0.717) is 40.7 Å². The van der Waals surface area contributed by atoms with Gasteiger partial charge in [0, 0.05) is 19.2 Å². The van der Waals surface area contributed by atoms with Gasteiger partial charge < -0.3 is 18.9 Å². The molecular formula is C36H31N3O6. The highest BCUT2D eigenvalue weighted by Crippen LogP contribution is 2.30. The highest BCUT2D eigenvalue weighted by Gasteiger charge is 2.19. The number of aryl methyl sites for hydroxylation is 1. The van der Waals surface area contributed by atoms with Crippen molar-refractivity contribution < 1.29 is 23.7 Å². The Kier molecular flexibility index (Phi) is 8.59. The fourth-order valence-corrected chi connectivity index (χ4v) is 4.89. The Bertz CT molecular complexity index is 1980. The number of hydrogen-bond acceptors (Lipinski definition) is 7. The van der Waals surface area contributed by atoms with Crippen molar-refractivity contribution in [2.75, 3.05) is 7.11 Å². The maximum Gasteiger partial charge on any atom is 0.333 e. The molecule has 0 fully saturated rings. The fraction of sp³-hybridized carbons (Fsp3) is 0.139. The third kappa shape index (κ3) is 6.73. The predicted octanol–water partition coefficient (Wildman–Crippen LogP) is 6.39. The fourth-order valence-electron chi connectivity index (χ4n) is 4.89. The zero-order chi connectivity index (χ0) is 31.2. The van der Waals surface area contributed by atoms with Crippen molar-refractivity contribution in [2.45, 2.75) is 19.6 Å². The lowest BCUT2D eigenvalue weighted by Crippen LogP contribution is -2.21. The average Bonchev–Trinajstić information content (AvgIpc) is 3.33. The number of ether oxygens (including phenoxy) is 4. The molecule has 0 amide bonds. The van der Waals surface area contributed by atoms with E-state index in [-0.39, 0.29) is 30.6 Å². The molecule has 6 rings (SSSR count). The zero-order valence-corrected chi connectivity index (χ0v) is 24.9. The molecule has 2 heterocycles. The first-order valence-corrected chi connectivity index (χ1v) is 14.4. The Morgan fingerprint density at radius 2 is 1.36 bits per heavy atom. The number of nitrogens with zero attached hydrogens (tertiary/aromatic N) is 3. The monoisotopic (exact) mass is 601 g/mol. The Hall–Kier alpha value is -5.83. The second kappa shape index (κ2) is 13.2. The molecule has 0 aliphatic heterocycles. The molecule has 2 aromatic heterocycles. The molecule has 45 heavy (non-hydrogen) atoms. The van der Waals surface area contributed by atoms with Crippen molar-refractivity contribution >= 4 is 17.0 Å². The molecule has 0 bridgehead atoms. The molecule has 226 valence electrons. The maximum atomic E-state index is 13.7. The molecule has 0 radical (unpaired) electrons. The summed E-state index contributed by atoms with van der Waals surface area (Å²) in [6, 6.07) is 35.8. The highest BCUT2D eigenvalue weighted by molar-refractivity contribution is 5.80. The molecule has 0 aliphatic carbocycles. The third-order valence-corrected chi connectivity index (χ3v) is 7.27. The Labute approximate surface area is 259 Å². The van der Waals surface area contributed by atoms with E-state index in [1.54, 1.807) is 46.5 Å². The lowest BCUT2D eigenvalue weighted by molar-refractivity contribution is -0.139. The molecular weight excluding hydrogens is 570 g/mol. The molecule has 0 aliphatic rings. The van der Waals surface area contributed by atoms with Crippen LogP contribution in [-0.4, -0.2) is 27.2 Å². The Balaban J connectivity index is 1.31. The van der Waals surface area contributed by atoms with Crippen molar-refractivity contribution in [3.8, 4) is 28.9 Å². The van der Waals surface area contributed by atoms with Crippen LogP contribution in [0, 0.1) is 0 Å². The van der Waals surface area contributed by atoms with Crippen LogP contribution in [0.15, 0.2) is 120 Å². The van der Waals surface area contributed by atoms with E-state index in [0.717, 1.165) is 16.7 Å². The Morgan fingerprint density at radius 3 is 2.02 bits per heavy atom. The zero-order valence-electron chi connectivity index (χ0n) is 24.9. The van der Waals surface area contributed by atoms with E-state index in [2.05, 4.69) is 4.98 Å². The van der Waals surface area contributed by atoms with Gasteiger partial charge in [-0.25, -0.2) is 4.79 Å². The first-order valence-electron chi connectivity index (χ1n) is 14.4. The van der Waals surface area contributed by atoms with Gasteiger partial charge in [-0.1, -0.05) is 72.8 Å². The summed E-state index contributed by atoms with van der Waals surface area (Å²) in [5, 5.41) is 0. The molecule has 0 unspecified atom stereocenters. The molecule has 6 aromatic rings. The van der Waals surface area contributed by atoms with Crippen LogP contribution in [-0.2, 0) is 36.2 Å². The number of carbonyl (C=O) groups is 1. The number of benzene rings is 4. The summed E-state index contributed by atoms with van der Waals surface area (Å²) < 4.78 is 26.1. The summed E-state index contributed by atoms with van der Waals surface area (Å²) in [7, 11) is 3.07. The van der Waals surface area contributed by atoms with Crippen LogP contribution in [0.4, 0.5) is 0 Å². The first kappa shape index (κ1) is 29.3. The number of esters is 1. The van der Waals surface area contributed by atoms with Crippen molar-refractivity contribution in [3.05, 3.63) is 142 Å². The summed E-state index contributed by atoms with van der Waals surface area (Å²) in [6.45, 7) is 0.606. The van der Waals surface area contributed by atoms with Crippen molar-refractivity contribution in [1.29, 1.82) is 0 Å². The van der Waals surface area contributed by atoms with E-state index in [1.807, 2.05) is 84.9 Å². The standard InChI is InChI=1S/C36H31N3O6/c1-38-32-22-29(45-28-15-13-25(14-16-28)21-34(40)42-2)17-18-30(32)39(36(38)41)31-19-20-33(43-23-26-9-5-3-6-10-26)37-35(31)44-24-27-11-7-4-8-12-27/h3-20,22H,21,23-24H2,1-2H3. The van der Waals surface area contributed by atoms with E-state index >= 15 is 0 Å². The average molecular weight is 602 g/mol.